The normalized spacial score (nSPS) is 20.1. The van der Waals surface area contributed by atoms with Crippen LogP contribution in [0, 0.1) is 0 Å². The first-order valence-corrected chi connectivity index (χ1v) is 6.60. The molecular formula is C14H17N3O3. The lowest BCUT2D eigenvalue weighted by Gasteiger charge is -2.32. The molecule has 0 radical (unpaired) electrons. The molecule has 0 aromatic carbocycles. The summed E-state index contributed by atoms with van der Waals surface area (Å²) in [7, 11) is 1.40. The fourth-order valence-corrected chi connectivity index (χ4v) is 2.45. The standard InChI is InChI=1S/C14H17N3O3/c1-19-14(18)12-10-20-7-6-16(12)8-11-9-17-5-3-2-4-13(17)15-11/h2-5,9,12H,6-8,10H2,1H3. The van der Waals surface area contributed by atoms with Gasteiger partial charge in [0, 0.05) is 25.5 Å². The van der Waals surface area contributed by atoms with Crippen molar-refractivity contribution in [2.75, 3.05) is 26.9 Å². The lowest BCUT2D eigenvalue weighted by atomic mass is 10.2. The van der Waals surface area contributed by atoms with Gasteiger partial charge in [-0.2, -0.15) is 0 Å². The highest BCUT2D eigenvalue weighted by Crippen LogP contribution is 2.14. The number of methoxy groups -OCH3 is 1. The Balaban J connectivity index is 1.79. The summed E-state index contributed by atoms with van der Waals surface area (Å²) in [5, 5.41) is 0. The maximum absolute atomic E-state index is 11.8. The smallest absolute Gasteiger partial charge is 0.325 e. The number of hydrogen-bond acceptors (Lipinski definition) is 5. The first-order chi connectivity index (χ1) is 9.78. The highest BCUT2D eigenvalue weighted by Gasteiger charge is 2.30. The van der Waals surface area contributed by atoms with Gasteiger partial charge in [-0.1, -0.05) is 6.07 Å². The van der Waals surface area contributed by atoms with E-state index in [1.807, 2.05) is 35.0 Å². The van der Waals surface area contributed by atoms with Crippen LogP contribution in [0.15, 0.2) is 30.6 Å². The Morgan fingerprint density at radius 2 is 2.45 bits per heavy atom. The van der Waals surface area contributed by atoms with Crippen LogP contribution in [-0.2, 0) is 20.8 Å². The molecule has 1 saturated heterocycles. The van der Waals surface area contributed by atoms with Crippen molar-refractivity contribution in [3.05, 3.63) is 36.3 Å². The van der Waals surface area contributed by atoms with E-state index in [4.69, 9.17) is 9.47 Å². The summed E-state index contributed by atoms with van der Waals surface area (Å²) >= 11 is 0. The molecule has 6 heteroatoms. The number of aromatic nitrogens is 2. The molecular weight excluding hydrogens is 258 g/mol. The Morgan fingerprint density at radius 3 is 3.25 bits per heavy atom. The van der Waals surface area contributed by atoms with Crippen LogP contribution in [0.4, 0.5) is 0 Å². The van der Waals surface area contributed by atoms with Crippen molar-refractivity contribution in [1.82, 2.24) is 14.3 Å². The van der Waals surface area contributed by atoms with E-state index in [9.17, 15) is 4.79 Å². The molecule has 0 spiro atoms. The zero-order valence-corrected chi connectivity index (χ0v) is 11.4. The molecule has 3 rings (SSSR count). The van der Waals surface area contributed by atoms with Gasteiger partial charge >= 0.3 is 5.97 Å². The van der Waals surface area contributed by atoms with Crippen LogP contribution in [0.25, 0.3) is 5.65 Å². The van der Waals surface area contributed by atoms with Crippen molar-refractivity contribution in [3.8, 4) is 0 Å². The van der Waals surface area contributed by atoms with Crippen LogP contribution in [0.2, 0.25) is 0 Å². The van der Waals surface area contributed by atoms with Gasteiger partial charge in [-0.05, 0) is 12.1 Å². The summed E-state index contributed by atoms with van der Waals surface area (Å²) in [5.41, 5.74) is 1.84. The highest BCUT2D eigenvalue weighted by molar-refractivity contribution is 5.75. The molecule has 1 atom stereocenters. The number of rotatable bonds is 3. The van der Waals surface area contributed by atoms with E-state index in [2.05, 4.69) is 9.88 Å². The number of esters is 1. The molecule has 1 aliphatic rings. The molecule has 0 N–H and O–H groups in total. The molecule has 106 valence electrons. The number of morpholine rings is 1. The maximum atomic E-state index is 11.8. The van der Waals surface area contributed by atoms with Crippen molar-refractivity contribution in [2.45, 2.75) is 12.6 Å². The lowest BCUT2D eigenvalue weighted by molar-refractivity contribution is -0.153. The maximum Gasteiger partial charge on any atom is 0.325 e. The average Bonchev–Trinajstić information content (AvgIpc) is 2.89. The summed E-state index contributed by atoms with van der Waals surface area (Å²) in [4.78, 5) is 18.4. The number of hydrogen-bond donors (Lipinski definition) is 0. The van der Waals surface area contributed by atoms with Crippen molar-refractivity contribution >= 4 is 11.6 Å². The van der Waals surface area contributed by atoms with Crippen molar-refractivity contribution in [2.24, 2.45) is 0 Å². The van der Waals surface area contributed by atoms with E-state index in [0.29, 0.717) is 26.3 Å². The number of carbonyl (C=O) groups excluding carboxylic acids is 1. The van der Waals surface area contributed by atoms with E-state index in [-0.39, 0.29) is 12.0 Å². The molecule has 0 bridgehead atoms. The number of imidazole rings is 1. The molecule has 20 heavy (non-hydrogen) atoms. The minimum Gasteiger partial charge on any atom is -0.468 e. The van der Waals surface area contributed by atoms with Crippen LogP contribution in [0.5, 0.6) is 0 Å². The zero-order chi connectivity index (χ0) is 13.9. The van der Waals surface area contributed by atoms with Crippen LogP contribution >= 0.6 is 0 Å². The highest BCUT2D eigenvalue weighted by atomic mass is 16.5. The average molecular weight is 275 g/mol. The first-order valence-electron chi connectivity index (χ1n) is 6.60. The van der Waals surface area contributed by atoms with Gasteiger partial charge in [-0.25, -0.2) is 4.98 Å². The van der Waals surface area contributed by atoms with E-state index >= 15 is 0 Å². The monoisotopic (exact) mass is 275 g/mol. The molecule has 6 nitrogen and oxygen atoms in total. The quantitative estimate of drug-likeness (QED) is 0.772. The Labute approximate surface area is 116 Å². The molecule has 0 amide bonds. The summed E-state index contributed by atoms with van der Waals surface area (Å²) < 4.78 is 12.2. The molecule has 1 fully saturated rings. The Morgan fingerprint density at radius 1 is 1.55 bits per heavy atom. The predicted octanol–water partition coefficient (Wildman–Crippen LogP) is 0.708. The molecule has 3 heterocycles. The van der Waals surface area contributed by atoms with Gasteiger partial charge < -0.3 is 13.9 Å². The van der Waals surface area contributed by atoms with E-state index in [1.54, 1.807) is 0 Å². The fraction of sp³-hybridized carbons (Fsp3) is 0.429. The second-order valence-electron chi connectivity index (χ2n) is 4.78. The third-order valence-corrected chi connectivity index (χ3v) is 3.49. The van der Waals surface area contributed by atoms with Gasteiger partial charge in [0.05, 0.1) is 26.0 Å². The fourth-order valence-electron chi connectivity index (χ4n) is 2.45. The van der Waals surface area contributed by atoms with Gasteiger partial charge in [0.2, 0.25) is 0 Å². The van der Waals surface area contributed by atoms with E-state index < -0.39 is 0 Å². The van der Waals surface area contributed by atoms with Crippen LogP contribution in [0.1, 0.15) is 5.69 Å². The summed E-state index contributed by atoms with van der Waals surface area (Å²) in [6, 6.07) is 5.53. The minimum atomic E-state index is -0.349. The predicted molar refractivity (Wildman–Crippen MR) is 72.2 cm³/mol. The second kappa shape index (κ2) is 5.60. The number of ether oxygens (including phenoxy) is 2. The number of carbonyl (C=O) groups is 1. The third-order valence-electron chi connectivity index (χ3n) is 3.49. The Bertz CT molecular complexity index is 577. The van der Waals surface area contributed by atoms with Crippen LogP contribution in [0.3, 0.4) is 0 Å². The van der Waals surface area contributed by atoms with Gasteiger partial charge in [-0.15, -0.1) is 0 Å². The van der Waals surface area contributed by atoms with Crippen molar-refractivity contribution in [3.63, 3.8) is 0 Å². The van der Waals surface area contributed by atoms with Gasteiger partial charge in [0.15, 0.2) is 0 Å². The van der Waals surface area contributed by atoms with Crippen LogP contribution < -0.4 is 0 Å². The first kappa shape index (κ1) is 13.1. The molecule has 2 aromatic rings. The lowest BCUT2D eigenvalue weighted by Crippen LogP contribution is -2.49. The number of nitrogens with zero attached hydrogens (tertiary/aromatic N) is 3. The zero-order valence-electron chi connectivity index (χ0n) is 11.4. The molecule has 2 aromatic heterocycles. The topological polar surface area (TPSA) is 56.1 Å². The van der Waals surface area contributed by atoms with Crippen LogP contribution in [-0.4, -0.2) is 53.2 Å². The number of pyridine rings is 1. The minimum absolute atomic E-state index is 0.256. The van der Waals surface area contributed by atoms with Crippen molar-refractivity contribution in [1.29, 1.82) is 0 Å². The Kier molecular flexibility index (Phi) is 3.66. The largest absolute Gasteiger partial charge is 0.468 e. The van der Waals surface area contributed by atoms with Gasteiger partial charge in [0.1, 0.15) is 11.7 Å². The SMILES string of the molecule is COC(=O)C1COCCN1Cc1cn2ccccc2n1. The summed E-state index contributed by atoms with van der Waals surface area (Å²) in [5.74, 6) is -0.256. The molecule has 1 aliphatic heterocycles. The van der Waals surface area contributed by atoms with Gasteiger partial charge in [0.25, 0.3) is 0 Å². The second-order valence-corrected chi connectivity index (χ2v) is 4.78. The van der Waals surface area contributed by atoms with E-state index in [1.165, 1.54) is 7.11 Å². The number of fused-ring (bicyclic) bond motifs is 1. The third kappa shape index (κ3) is 2.52. The molecule has 0 saturated carbocycles. The summed E-state index contributed by atoms with van der Waals surface area (Å²) in [6.07, 6.45) is 3.95. The van der Waals surface area contributed by atoms with E-state index in [0.717, 1.165) is 11.3 Å². The molecule has 1 unspecified atom stereocenters. The van der Waals surface area contributed by atoms with Gasteiger partial charge in [-0.3, -0.25) is 9.69 Å². The van der Waals surface area contributed by atoms with Crippen molar-refractivity contribution < 1.29 is 14.3 Å². The summed E-state index contributed by atoms with van der Waals surface area (Å²) in [6.45, 7) is 2.32. The molecule has 0 aliphatic carbocycles. The Hall–Kier alpha value is -1.92.